The monoisotopic (exact) mass is 270 g/mol. The van der Waals surface area contributed by atoms with Gasteiger partial charge in [0.25, 0.3) is 0 Å². The molecule has 6 heteroatoms. The van der Waals surface area contributed by atoms with Gasteiger partial charge in [0.2, 0.25) is 5.91 Å². The molecule has 1 aliphatic heterocycles. The molecule has 0 aromatic carbocycles. The van der Waals surface area contributed by atoms with Gasteiger partial charge >= 0.3 is 6.03 Å². The Balaban J connectivity index is 1.96. The van der Waals surface area contributed by atoms with Gasteiger partial charge in [0.15, 0.2) is 0 Å². The Kier molecular flexibility index (Phi) is 7.25. The van der Waals surface area contributed by atoms with E-state index in [0.29, 0.717) is 19.6 Å². The van der Waals surface area contributed by atoms with Crippen LogP contribution in [0.2, 0.25) is 0 Å². The number of hydrogen-bond acceptors (Lipinski definition) is 3. The second kappa shape index (κ2) is 8.74. The third-order valence-electron chi connectivity index (χ3n) is 3.37. The lowest BCUT2D eigenvalue weighted by molar-refractivity contribution is -0.118. The van der Waals surface area contributed by atoms with Crippen LogP contribution in [-0.4, -0.2) is 56.1 Å². The minimum atomic E-state index is -0.171. The molecule has 0 aromatic heterocycles. The number of carbonyl (C=O) groups excluding carboxylic acids is 2. The van der Waals surface area contributed by atoms with Crippen molar-refractivity contribution in [2.24, 2.45) is 5.92 Å². The molecule has 0 saturated carbocycles. The first-order valence-electron chi connectivity index (χ1n) is 7.06. The van der Waals surface area contributed by atoms with Crippen LogP contribution < -0.4 is 16.0 Å². The molecule has 110 valence electrons. The number of hydrogen-bond donors (Lipinski definition) is 3. The fraction of sp³-hybridized carbons (Fsp3) is 0.846. The number of urea groups is 1. The lowest BCUT2D eigenvalue weighted by atomic mass is 9.99. The Morgan fingerprint density at radius 1 is 1.05 bits per heavy atom. The molecule has 0 aliphatic carbocycles. The van der Waals surface area contributed by atoms with E-state index in [1.54, 1.807) is 0 Å². The Hall–Kier alpha value is -1.30. The molecule has 0 spiro atoms. The maximum atomic E-state index is 11.4. The molecule has 1 fully saturated rings. The molecule has 6 nitrogen and oxygen atoms in total. The van der Waals surface area contributed by atoms with Gasteiger partial charge in [-0.3, -0.25) is 4.79 Å². The van der Waals surface area contributed by atoms with Crippen LogP contribution in [0.15, 0.2) is 0 Å². The lowest BCUT2D eigenvalue weighted by Gasteiger charge is -2.30. The highest BCUT2D eigenvalue weighted by molar-refractivity contribution is 5.74. The van der Waals surface area contributed by atoms with Gasteiger partial charge in [-0.15, -0.1) is 0 Å². The van der Waals surface area contributed by atoms with Crippen molar-refractivity contribution in [1.82, 2.24) is 20.9 Å². The number of amides is 3. The molecular formula is C13H26N4O2. The molecule has 3 amide bonds. The summed E-state index contributed by atoms with van der Waals surface area (Å²) in [5, 5.41) is 8.15. The largest absolute Gasteiger partial charge is 0.355 e. The highest BCUT2D eigenvalue weighted by atomic mass is 16.2. The number of rotatable bonds is 6. The van der Waals surface area contributed by atoms with Crippen LogP contribution in [0.25, 0.3) is 0 Å². The van der Waals surface area contributed by atoms with Gasteiger partial charge in [0, 0.05) is 33.1 Å². The van der Waals surface area contributed by atoms with Crippen molar-refractivity contribution < 1.29 is 9.59 Å². The van der Waals surface area contributed by atoms with E-state index in [2.05, 4.69) is 27.8 Å². The average Bonchev–Trinajstić information content (AvgIpc) is 2.37. The second-order valence-corrected chi connectivity index (χ2v) is 5.19. The van der Waals surface area contributed by atoms with Crippen LogP contribution in [0.5, 0.6) is 0 Å². The molecule has 0 bridgehead atoms. The first-order chi connectivity index (χ1) is 9.08. The van der Waals surface area contributed by atoms with Gasteiger partial charge in [-0.2, -0.15) is 0 Å². The average molecular weight is 270 g/mol. The van der Waals surface area contributed by atoms with Gasteiger partial charge in [0.1, 0.15) is 0 Å². The number of nitrogens with zero attached hydrogens (tertiary/aromatic N) is 1. The quantitative estimate of drug-likeness (QED) is 0.602. The summed E-state index contributed by atoms with van der Waals surface area (Å²) < 4.78 is 0. The first-order valence-corrected chi connectivity index (χ1v) is 7.06. The summed E-state index contributed by atoms with van der Waals surface area (Å²) in [5.74, 6) is 0.753. The fourth-order valence-corrected chi connectivity index (χ4v) is 2.09. The zero-order chi connectivity index (χ0) is 14.1. The van der Waals surface area contributed by atoms with E-state index in [9.17, 15) is 9.59 Å². The second-order valence-electron chi connectivity index (χ2n) is 5.19. The summed E-state index contributed by atoms with van der Waals surface area (Å²) in [5.41, 5.74) is 0. The Morgan fingerprint density at radius 2 is 1.63 bits per heavy atom. The predicted octanol–water partition coefficient (Wildman–Crippen LogP) is 0.154. The Bertz CT molecular complexity index is 288. The molecular weight excluding hydrogens is 244 g/mol. The van der Waals surface area contributed by atoms with Crippen molar-refractivity contribution in [3.8, 4) is 0 Å². The molecule has 0 unspecified atom stereocenters. The molecule has 3 N–H and O–H groups in total. The molecule has 0 radical (unpaired) electrons. The van der Waals surface area contributed by atoms with Crippen molar-refractivity contribution >= 4 is 11.9 Å². The fourth-order valence-electron chi connectivity index (χ4n) is 2.09. The summed E-state index contributed by atoms with van der Waals surface area (Å²) in [6.07, 6.45) is 2.51. The van der Waals surface area contributed by atoms with Crippen molar-refractivity contribution in [2.45, 2.75) is 26.7 Å². The molecule has 1 heterocycles. The van der Waals surface area contributed by atoms with Gasteiger partial charge in [-0.05, 0) is 31.8 Å². The van der Waals surface area contributed by atoms with Crippen LogP contribution in [0, 0.1) is 5.92 Å². The van der Waals surface area contributed by atoms with Crippen molar-refractivity contribution in [1.29, 1.82) is 0 Å². The van der Waals surface area contributed by atoms with Crippen LogP contribution in [0.1, 0.15) is 26.7 Å². The highest BCUT2D eigenvalue weighted by Crippen LogP contribution is 2.14. The van der Waals surface area contributed by atoms with E-state index in [1.807, 2.05) is 0 Å². The third kappa shape index (κ3) is 7.66. The Morgan fingerprint density at radius 3 is 2.26 bits per heavy atom. The van der Waals surface area contributed by atoms with Gasteiger partial charge in [0.05, 0.1) is 0 Å². The number of nitrogens with one attached hydrogen (secondary N) is 3. The van der Waals surface area contributed by atoms with Crippen LogP contribution in [-0.2, 0) is 4.79 Å². The maximum Gasteiger partial charge on any atom is 0.314 e. The van der Waals surface area contributed by atoms with Crippen LogP contribution in [0.3, 0.4) is 0 Å². The van der Waals surface area contributed by atoms with Crippen LogP contribution in [0.4, 0.5) is 4.79 Å². The molecule has 0 aromatic rings. The molecule has 1 saturated heterocycles. The van der Waals surface area contributed by atoms with Crippen molar-refractivity contribution in [2.75, 3.05) is 39.3 Å². The summed E-state index contributed by atoms with van der Waals surface area (Å²) in [7, 11) is 0. The van der Waals surface area contributed by atoms with Crippen molar-refractivity contribution in [3.63, 3.8) is 0 Å². The SMILES string of the molecule is CC(=O)NCCNC(=O)NCCN1CCC(C)CC1. The summed E-state index contributed by atoms with van der Waals surface area (Å²) >= 11 is 0. The normalized spacial score (nSPS) is 16.9. The zero-order valence-electron chi connectivity index (χ0n) is 12.0. The minimum Gasteiger partial charge on any atom is -0.355 e. The summed E-state index contributed by atoms with van der Waals surface area (Å²) in [4.78, 5) is 24.4. The standard InChI is InChI=1S/C13H26N4O2/c1-11-3-8-17(9-4-11)10-7-16-13(19)15-6-5-14-12(2)18/h11H,3-10H2,1-2H3,(H,14,18)(H2,15,16,19). The minimum absolute atomic E-state index is 0.0819. The van der Waals surface area contributed by atoms with Gasteiger partial charge < -0.3 is 20.9 Å². The van der Waals surface area contributed by atoms with E-state index < -0.39 is 0 Å². The van der Waals surface area contributed by atoms with Gasteiger partial charge in [-0.1, -0.05) is 6.92 Å². The number of carbonyl (C=O) groups is 2. The predicted molar refractivity (Wildman–Crippen MR) is 74.9 cm³/mol. The van der Waals surface area contributed by atoms with E-state index >= 15 is 0 Å². The third-order valence-corrected chi connectivity index (χ3v) is 3.37. The maximum absolute atomic E-state index is 11.4. The summed E-state index contributed by atoms with van der Waals surface area (Å²) in [6.45, 7) is 8.50. The van der Waals surface area contributed by atoms with E-state index in [1.165, 1.54) is 19.8 Å². The molecule has 19 heavy (non-hydrogen) atoms. The van der Waals surface area contributed by atoms with E-state index in [0.717, 1.165) is 25.6 Å². The number of piperidine rings is 1. The smallest absolute Gasteiger partial charge is 0.314 e. The zero-order valence-corrected chi connectivity index (χ0v) is 12.0. The highest BCUT2D eigenvalue weighted by Gasteiger charge is 2.14. The van der Waals surface area contributed by atoms with Gasteiger partial charge in [-0.25, -0.2) is 4.79 Å². The molecule has 1 aliphatic rings. The summed E-state index contributed by atoms with van der Waals surface area (Å²) in [6, 6.07) is -0.171. The molecule has 0 atom stereocenters. The number of likely N-dealkylation sites (tertiary alicyclic amines) is 1. The van der Waals surface area contributed by atoms with E-state index in [-0.39, 0.29) is 11.9 Å². The topological polar surface area (TPSA) is 73.5 Å². The lowest BCUT2D eigenvalue weighted by Crippen LogP contribution is -2.44. The molecule has 1 rings (SSSR count). The van der Waals surface area contributed by atoms with E-state index in [4.69, 9.17) is 0 Å². The van der Waals surface area contributed by atoms with Crippen molar-refractivity contribution in [3.05, 3.63) is 0 Å². The van der Waals surface area contributed by atoms with Crippen LogP contribution >= 0.6 is 0 Å². The Labute approximate surface area is 115 Å². The first kappa shape index (κ1) is 15.8.